The molecule has 0 spiro atoms. The summed E-state index contributed by atoms with van der Waals surface area (Å²) >= 11 is 0.781. The molecule has 0 unspecified atom stereocenters. The lowest BCUT2D eigenvalue weighted by Crippen LogP contribution is -2.34. The lowest BCUT2D eigenvalue weighted by atomic mass is 10.1. The predicted octanol–water partition coefficient (Wildman–Crippen LogP) is 3.94. The maximum Gasteiger partial charge on any atom is 0.300 e. The predicted molar refractivity (Wildman–Crippen MR) is 104 cm³/mol. The third-order valence-corrected chi connectivity index (χ3v) is 4.87. The van der Waals surface area contributed by atoms with E-state index in [-0.39, 0.29) is 4.91 Å². The number of anilines is 1. The number of hydrogen-bond donors (Lipinski definition) is 0. The van der Waals surface area contributed by atoms with Crippen LogP contribution in [0.2, 0.25) is 0 Å². The van der Waals surface area contributed by atoms with Gasteiger partial charge in [-0.15, -0.1) is 0 Å². The summed E-state index contributed by atoms with van der Waals surface area (Å²) in [5.41, 5.74) is 3.14. The highest BCUT2D eigenvalue weighted by Gasteiger charge is 2.40. The van der Waals surface area contributed by atoms with Crippen LogP contribution in [0.15, 0.2) is 53.4 Å². The number of nitrogens with zero attached hydrogens (tertiary/aromatic N) is 2. The summed E-state index contributed by atoms with van der Waals surface area (Å²) in [6.45, 7) is 1.90. The molecule has 1 heterocycles. The van der Waals surface area contributed by atoms with E-state index in [9.17, 15) is 14.4 Å². The zero-order valence-corrected chi connectivity index (χ0v) is 15.5. The third kappa shape index (κ3) is 3.55. The van der Waals surface area contributed by atoms with Gasteiger partial charge in [0.05, 0.1) is 4.91 Å². The van der Waals surface area contributed by atoms with Gasteiger partial charge in [-0.05, 0) is 54.6 Å². The number of hydrogen-bond acceptors (Lipinski definition) is 5. The maximum atomic E-state index is 12.6. The van der Waals surface area contributed by atoms with Crippen molar-refractivity contribution in [2.45, 2.75) is 6.92 Å². The summed E-state index contributed by atoms with van der Waals surface area (Å²) in [5.74, 6) is -1.18. The van der Waals surface area contributed by atoms with E-state index >= 15 is 0 Å². The van der Waals surface area contributed by atoms with Gasteiger partial charge in [-0.1, -0.05) is 29.8 Å². The van der Waals surface area contributed by atoms with E-state index in [0.29, 0.717) is 10.5 Å². The SMILES string of the molecule is Cc1ccc(C(=O)N2C(=O)S/C(=C/c3ccc(N(C)C)cc3)C2=O)cc1. The molecular weight excluding hydrogens is 348 g/mol. The summed E-state index contributed by atoms with van der Waals surface area (Å²) < 4.78 is 0. The van der Waals surface area contributed by atoms with E-state index in [1.54, 1.807) is 30.3 Å². The summed E-state index contributed by atoms with van der Waals surface area (Å²) in [7, 11) is 3.88. The summed E-state index contributed by atoms with van der Waals surface area (Å²) in [5, 5.41) is -0.572. The van der Waals surface area contributed by atoms with Crippen LogP contribution >= 0.6 is 11.8 Å². The molecule has 0 atom stereocenters. The monoisotopic (exact) mass is 366 g/mol. The largest absolute Gasteiger partial charge is 0.378 e. The van der Waals surface area contributed by atoms with Crippen LogP contribution in [0.1, 0.15) is 21.5 Å². The van der Waals surface area contributed by atoms with Gasteiger partial charge in [-0.3, -0.25) is 14.4 Å². The molecule has 1 fully saturated rings. The van der Waals surface area contributed by atoms with Crippen molar-refractivity contribution in [1.29, 1.82) is 0 Å². The maximum absolute atomic E-state index is 12.6. The minimum absolute atomic E-state index is 0.244. The van der Waals surface area contributed by atoms with Crippen LogP contribution in [0.3, 0.4) is 0 Å². The van der Waals surface area contributed by atoms with Crippen molar-refractivity contribution >= 4 is 40.6 Å². The molecule has 0 aromatic heterocycles. The number of aryl methyl sites for hydroxylation is 1. The zero-order valence-electron chi connectivity index (χ0n) is 14.7. The van der Waals surface area contributed by atoms with Gasteiger partial charge in [0.1, 0.15) is 0 Å². The lowest BCUT2D eigenvalue weighted by molar-refractivity contribution is -0.120. The molecule has 2 aromatic rings. The van der Waals surface area contributed by atoms with Crippen LogP contribution in [-0.2, 0) is 4.79 Å². The van der Waals surface area contributed by atoms with Crippen LogP contribution in [0, 0.1) is 6.92 Å². The smallest absolute Gasteiger partial charge is 0.300 e. The molecule has 1 aliphatic rings. The standard InChI is InChI=1S/C20H18N2O3S/c1-13-4-8-15(9-5-13)18(23)22-19(24)17(26-20(22)25)12-14-6-10-16(11-7-14)21(2)3/h4-12H,1-3H3/b17-12+. The number of rotatable bonds is 3. The number of amides is 3. The Bertz CT molecular complexity index is 900. The molecular formula is C20H18N2O3S. The van der Waals surface area contributed by atoms with Crippen molar-refractivity contribution in [2.75, 3.05) is 19.0 Å². The molecule has 1 saturated heterocycles. The molecule has 1 aliphatic heterocycles. The normalized spacial score (nSPS) is 15.7. The van der Waals surface area contributed by atoms with E-state index in [0.717, 1.165) is 28.6 Å². The molecule has 5 nitrogen and oxygen atoms in total. The van der Waals surface area contributed by atoms with Gasteiger partial charge in [-0.2, -0.15) is 0 Å². The van der Waals surface area contributed by atoms with E-state index in [1.165, 1.54) is 0 Å². The zero-order chi connectivity index (χ0) is 18.8. The van der Waals surface area contributed by atoms with Crippen molar-refractivity contribution in [3.8, 4) is 0 Å². The quantitative estimate of drug-likeness (QED) is 0.608. The number of carbonyl (C=O) groups excluding carboxylic acids is 3. The first-order valence-corrected chi connectivity index (χ1v) is 8.85. The minimum atomic E-state index is -0.598. The van der Waals surface area contributed by atoms with Crippen LogP contribution in [-0.4, -0.2) is 36.0 Å². The van der Waals surface area contributed by atoms with Crippen molar-refractivity contribution < 1.29 is 14.4 Å². The van der Waals surface area contributed by atoms with E-state index < -0.39 is 17.1 Å². The van der Waals surface area contributed by atoms with Crippen molar-refractivity contribution in [3.63, 3.8) is 0 Å². The highest BCUT2D eigenvalue weighted by atomic mass is 32.2. The first-order valence-electron chi connectivity index (χ1n) is 8.03. The Kier molecular flexibility index (Phi) is 4.95. The Morgan fingerprint density at radius 2 is 1.62 bits per heavy atom. The molecule has 0 N–H and O–H groups in total. The molecule has 0 bridgehead atoms. The Balaban J connectivity index is 1.84. The number of carbonyl (C=O) groups is 3. The van der Waals surface area contributed by atoms with Gasteiger partial charge in [0.15, 0.2) is 0 Å². The van der Waals surface area contributed by atoms with Crippen molar-refractivity contribution in [3.05, 3.63) is 70.1 Å². The number of benzene rings is 2. The van der Waals surface area contributed by atoms with E-state index in [2.05, 4.69) is 0 Å². The second-order valence-electron chi connectivity index (χ2n) is 6.17. The van der Waals surface area contributed by atoms with Crippen LogP contribution < -0.4 is 4.90 Å². The average Bonchev–Trinajstić information content (AvgIpc) is 2.89. The van der Waals surface area contributed by atoms with Gasteiger partial charge in [0.25, 0.3) is 11.8 Å². The highest BCUT2D eigenvalue weighted by molar-refractivity contribution is 8.18. The first kappa shape index (κ1) is 17.9. The molecule has 3 amide bonds. The lowest BCUT2D eigenvalue weighted by Gasteiger charge is -2.12. The highest BCUT2D eigenvalue weighted by Crippen LogP contribution is 2.33. The molecule has 0 radical (unpaired) electrons. The second-order valence-corrected chi connectivity index (χ2v) is 7.17. The molecule has 0 aliphatic carbocycles. The Morgan fingerprint density at radius 1 is 1.00 bits per heavy atom. The van der Waals surface area contributed by atoms with E-state index in [4.69, 9.17) is 0 Å². The fourth-order valence-electron chi connectivity index (χ4n) is 2.49. The first-order chi connectivity index (χ1) is 12.4. The minimum Gasteiger partial charge on any atom is -0.378 e. The Morgan fingerprint density at radius 3 is 2.19 bits per heavy atom. The summed E-state index contributed by atoms with van der Waals surface area (Å²) in [6.07, 6.45) is 1.63. The molecule has 3 rings (SSSR count). The summed E-state index contributed by atoms with van der Waals surface area (Å²) in [6, 6.07) is 14.4. The molecule has 132 valence electrons. The second kappa shape index (κ2) is 7.17. The molecule has 2 aromatic carbocycles. The van der Waals surface area contributed by atoms with E-state index in [1.807, 2.05) is 50.2 Å². The molecule has 0 saturated carbocycles. The van der Waals surface area contributed by atoms with Gasteiger partial charge in [0.2, 0.25) is 0 Å². The van der Waals surface area contributed by atoms with Gasteiger partial charge in [0, 0.05) is 25.3 Å². The van der Waals surface area contributed by atoms with Crippen molar-refractivity contribution in [2.24, 2.45) is 0 Å². The fraction of sp³-hybridized carbons (Fsp3) is 0.150. The number of thioether (sulfide) groups is 1. The van der Waals surface area contributed by atoms with Gasteiger partial charge < -0.3 is 4.90 Å². The van der Waals surface area contributed by atoms with Gasteiger partial charge >= 0.3 is 5.24 Å². The van der Waals surface area contributed by atoms with Crippen LogP contribution in [0.4, 0.5) is 10.5 Å². The average molecular weight is 366 g/mol. The fourth-order valence-corrected chi connectivity index (χ4v) is 3.31. The van der Waals surface area contributed by atoms with Crippen LogP contribution in [0.25, 0.3) is 6.08 Å². The topological polar surface area (TPSA) is 57.7 Å². The Labute approximate surface area is 156 Å². The van der Waals surface area contributed by atoms with Crippen LogP contribution in [0.5, 0.6) is 0 Å². The third-order valence-electron chi connectivity index (χ3n) is 4.00. The molecule has 6 heteroatoms. The Hall–Kier alpha value is -2.86. The number of imide groups is 3. The van der Waals surface area contributed by atoms with Gasteiger partial charge in [-0.25, -0.2) is 4.90 Å². The summed E-state index contributed by atoms with van der Waals surface area (Å²) in [4.78, 5) is 40.2. The molecule has 26 heavy (non-hydrogen) atoms. The van der Waals surface area contributed by atoms with Crippen molar-refractivity contribution in [1.82, 2.24) is 4.90 Å².